The Kier molecular flexibility index (Phi) is 5.58. The normalized spacial score (nSPS) is 40.9. The summed E-state index contributed by atoms with van der Waals surface area (Å²) in [6.45, 7) is 1.89. The molecule has 8 nitrogen and oxygen atoms in total. The molecule has 3 aliphatic carbocycles. The molecule has 0 spiro atoms. The van der Waals surface area contributed by atoms with Crippen molar-refractivity contribution in [3.05, 3.63) is 0 Å². The molecule has 5 aliphatic rings. The minimum atomic E-state index is -3.56. The molecule has 0 bridgehead atoms. The molecule has 0 aromatic heterocycles. The zero-order valence-electron chi connectivity index (χ0n) is 17.3. The van der Waals surface area contributed by atoms with Gasteiger partial charge in [-0.05, 0) is 63.7 Å². The van der Waals surface area contributed by atoms with E-state index in [2.05, 4.69) is 15.6 Å². The van der Waals surface area contributed by atoms with Crippen LogP contribution < -0.4 is 15.6 Å². The van der Waals surface area contributed by atoms with Crippen LogP contribution in [0.4, 0.5) is 8.78 Å². The van der Waals surface area contributed by atoms with Gasteiger partial charge in [-0.3, -0.25) is 4.79 Å². The third-order valence-corrected chi connectivity index (χ3v) is 10.9. The number of halogens is 2. The number of nitrogens with zero attached hydrogens (tertiary/aromatic N) is 1. The number of amides is 1. The van der Waals surface area contributed by atoms with Crippen LogP contribution in [0.2, 0.25) is 0 Å². The van der Waals surface area contributed by atoms with Gasteiger partial charge in [-0.2, -0.15) is 0 Å². The van der Waals surface area contributed by atoms with Crippen LogP contribution in [0, 0.1) is 17.8 Å². The number of carbonyl (C=O) groups is 1. The van der Waals surface area contributed by atoms with Crippen molar-refractivity contribution in [1.29, 1.82) is 0 Å². The predicted octanol–water partition coefficient (Wildman–Crippen LogP) is 0.941. The molecular weight excluding hydrogens is 450 g/mol. The van der Waals surface area contributed by atoms with Crippen LogP contribution in [-0.4, -0.2) is 64.6 Å². The highest BCUT2D eigenvalue weighted by Gasteiger charge is 2.59. The number of nitrogens with one attached hydrogen (secondary N) is 3. The second kappa shape index (κ2) is 7.76. The first-order valence-electron chi connectivity index (χ1n) is 11.1. The second-order valence-electron chi connectivity index (χ2n) is 10.0. The van der Waals surface area contributed by atoms with Gasteiger partial charge >= 0.3 is 0 Å². The number of rotatable bonds is 7. The average molecular weight is 481 g/mol. The molecule has 31 heavy (non-hydrogen) atoms. The van der Waals surface area contributed by atoms with Crippen molar-refractivity contribution in [3.63, 3.8) is 0 Å². The molecule has 12 heteroatoms. The van der Waals surface area contributed by atoms with Crippen molar-refractivity contribution in [1.82, 2.24) is 20.5 Å². The maximum Gasteiger partial charge on any atom is 0.264 e. The zero-order valence-corrected chi connectivity index (χ0v) is 19.0. The van der Waals surface area contributed by atoms with Gasteiger partial charge in [-0.1, -0.05) is 11.8 Å². The van der Waals surface area contributed by atoms with Crippen LogP contribution in [-0.2, 0) is 14.8 Å². The first-order valence-corrected chi connectivity index (χ1v) is 13.6. The van der Waals surface area contributed by atoms with Gasteiger partial charge in [-0.15, -0.1) is 0 Å². The lowest BCUT2D eigenvalue weighted by Crippen LogP contribution is -2.52. The van der Waals surface area contributed by atoms with Crippen molar-refractivity contribution in [2.24, 2.45) is 17.8 Å². The summed E-state index contributed by atoms with van der Waals surface area (Å²) in [5, 5.41) is 9.06. The lowest BCUT2D eigenvalue weighted by Gasteiger charge is -2.38. The van der Waals surface area contributed by atoms with E-state index in [0.717, 1.165) is 37.4 Å². The third-order valence-electron chi connectivity index (χ3n) is 7.59. The first-order chi connectivity index (χ1) is 14.6. The fourth-order valence-electron chi connectivity index (χ4n) is 5.43. The average Bonchev–Trinajstić information content (AvgIpc) is 3.59. The molecule has 2 saturated heterocycles. The topological polar surface area (TPSA) is 111 Å². The van der Waals surface area contributed by atoms with Crippen LogP contribution in [0.25, 0.3) is 0 Å². The first kappa shape index (κ1) is 22.3. The number of alkyl halides is 2. The van der Waals surface area contributed by atoms with E-state index in [-0.39, 0.29) is 29.7 Å². The summed E-state index contributed by atoms with van der Waals surface area (Å²) >= 11 is 0.928. The monoisotopic (exact) mass is 480 g/mol. The number of hydrogen-bond acceptors (Lipinski definition) is 7. The minimum Gasteiger partial charge on any atom is -0.392 e. The molecule has 7 atom stereocenters. The van der Waals surface area contributed by atoms with Crippen molar-refractivity contribution in [2.75, 3.05) is 0 Å². The summed E-state index contributed by atoms with van der Waals surface area (Å²) in [7, 11) is -3.56. The van der Waals surface area contributed by atoms with Gasteiger partial charge in [0.1, 0.15) is 10.9 Å². The number of fused-ring (bicyclic) bond motifs is 1. The molecule has 4 N–H and O–H groups in total. The number of aliphatic hydroxyl groups excluding tert-OH is 1. The minimum absolute atomic E-state index is 0.101. The van der Waals surface area contributed by atoms with E-state index < -0.39 is 50.6 Å². The Hall–Kier alpha value is -0.530. The second-order valence-corrected chi connectivity index (χ2v) is 13.2. The maximum absolute atomic E-state index is 13.4. The van der Waals surface area contributed by atoms with E-state index >= 15 is 0 Å². The van der Waals surface area contributed by atoms with Crippen LogP contribution in [0.5, 0.6) is 0 Å². The summed E-state index contributed by atoms with van der Waals surface area (Å²) in [5.41, 5.74) is 4.24. The van der Waals surface area contributed by atoms with Gasteiger partial charge in [-0.25, -0.2) is 32.8 Å². The van der Waals surface area contributed by atoms with Crippen molar-refractivity contribution < 1.29 is 27.1 Å². The van der Waals surface area contributed by atoms with Crippen molar-refractivity contribution in [3.8, 4) is 0 Å². The number of sulfonamides is 1. The lowest BCUT2D eigenvalue weighted by atomic mass is 9.76. The van der Waals surface area contributed by atoms with Crippen LogP contribution in [0.3, 0.4) is 0 Å². The van der Waals surface area contributed by atoms with Gasteiger partial charge in [0.05, 0.1) is 17.3 Å². The third kappa shape index (κ3) is 4.12. The van der Waals surface area contributed by atoms with Gasteiger partial charge in [0.15, 0.2) is 0 Å². The highest BCUT2D eigenvalue weighted by Crippen LogP contribution is 2.50. The predicted molar refractivity (Wildman–Crippen MR) is 111 cm³/mol. The standard InChI is InChI=1S/C19H30F2N4O4S2/c1-19(6-7-19)24-31(28,29)10-4-5-11-12(8-10)25(18-23-22-16(30-18)15(20)21)17(27)13(11)14(26)9-2-3-9/h9-16,18,22-24,26H,2-8H2,1H3. The molecule has 176 valence electrons. The molecule has 2 aliphatic heterocycles. The fraction of sp³-hybridized carbons (Fsp3) is 0.947. The van der Waals surface area contributed by atoms with Gasteiger partial charge in [0.25, 0.3) is 6.43 Å². The Morgan fingerprint density at radius 3 is 2.52 bits per heavy atom. The van der Waals surface area contributed by atoms with Gasteiger partial charge < -0.3 is 10.0 Å². The van der Waals surface area contributed by atoms with Crippen molar-refractivity contribution in [2.45, 2.75) is 92.1 Å². The molecule has 7 unspecified atom stereocenters. The molecule has 5 fully saturated rings. The molecule has 5 rings (SSSR count). The largest absolute Gasteiger partial charge is 0.392 e. The maximum atomic E-state index is 13.4. The number of likely N-dealkylation sites (tertiary alicyclic amines) is 1. The Labute approximate surface area is 185 Å². The Balaban J connectivity index is 1.39. The van der Waals surface area contributed by atoms with E-state index in [1.807, 2.05) is 6.92 Å². The Bertz CT molecular complexity index is 839. The van der Waals surface area contributed by atoms with Gasteiger partial charge in [0.2, 0.25) is 15.9 Å². The number of hydrogen-bond donors (Lipinski definition) is 4. The SMILES string of the molecule is CC1(NS(=O)(=O)C2CCC3C(C(O)C4CC4)C(=O)N(C4NNC(C(F)F)S4)C3C2)CC1. The lowest BCUT2D eigenvalue weighted by molar-refractivity contribution is -0.136. The number of carbonyl (C=O) groups excluding carboxylic acids is 1. The highest BCUT2D eigenvalue weighted by molar-refractivity contribution is 8.00. The van der Waals surface area contributed by atoms with Crippen LogP contribution in [0.1, 0.15) is 51.9 Å². The van der Waals surface area contributed by atoms with Crippen LogP contribution in [0.15, 0.2) is 0 Å². The molecule has 2 heterocycles. The summed E-state index contributed by atoms with van der Waals surface area (Å²) < 4.78 is 55.2. The van der Waals surface area contributed by atoms with E-state index in [0.29, 0.717) is 12.8 Å². The summed E-state index contributed by atoms with van der Waals surface area (Å²) in [4.78, 5) is 15.0. The number of hydrazine groups is 1. The Morgan fingerprint density at radius 1 is 1.23 bits per heavy atom. The van der Waals surface area contributed by atoms with Crippen molar-refractivity contribution >= 4 is 27.7 Å². The number of aliphatic hydroxyl groups is 1. The van der Waals surface area contributed by atoms with E-state index in [9.17, 15) is 27.1 Å². The molecule has 0 radical (unpaired) electrons. The summed E-state index contributed by atoms with van der Waals surface area (Å²) in [6, 6.07) is -0.406. The van der Waals surface area contributed by atoms with E-state index in [4.69, 9.17) is 0 Å². The molecule has 3 saturated carbocycles. The quantitative estimate of drug-likeness (QED) is 0.429. The molecule has 1 amide bonds. The zero-order chi connectivity index (χ0) is 22.1. The molecule has 0 aromatic rings. The Morgan fingerprint density at radius 2 is 1.94 bits per heavy atom. The fourth-order valence-corrected chi connectivity index (χ4v) is 8.44. The van der Waals surface area contributed by atoms with Gasteiger partial charge in [0, 0.05) is 11.6 Å². The number of thioether (sulfide) groups is 1. The highest BCUT2D eigenvalue weighted by atomic mass is 32.2. The van der Waals surface area contributed by atoms with Crippen LogP contribution >= 0.6 is 11.8 Å². The summed E-state index contributed by atoms with van der Waals surface area (Å²) in [6.07, 6.45) is 1.24. The van der Waals surface area contributed by atoms with E-state index in [1.54, 1.807) is 4.90 Å². The van der Waals surface area contributed by atoms with E-state index in [1.165, 1.54) is 0 Å². The summed E-state index contributed by atoms with van der Waals surface area (Å²) in [5.74, 6) is -0.915. The molecular formula is C19H30F2N4O4S2. The molecule has 0 aromatic carbocycles. The smallest absolute Gasteiger partial charge is 0.264 e.